The Bertz CT molecular complexity index is 337. The topological polar surface area (TPSA) is 92.4 Å². The summed E-state index contributed by atoms with van der Waals surface area (Å²) in [7, 11) is 0. The van der Waals surface area contributed by atoms with Gasteiger partial charge in [0.25, 0.3) is 0 Å². The summed E-state index contributed by atoms with van der Waals surface area (Å²) in [5.74, 6) is -1.29. The van der Waals surface area contributed by atoms with E-state index in [4.69, 9.17) is 10.8 Å². The number of carbonyl (C=O) groups is 2. The molecule has 1 aromatic heterocycles. The van der Waals surface area contributed by atoms with E-state index < -0.39 is 12.0 Å². The number of nitrogens with two attached hydrogens (primary N) is 1. The van der Waals surface area contributed by atoms with Crippen molar-refractivity contribution in [2.45, 2.75) is 12.5 Å². The average Bonchev–Trinajstić information content (AvgIpc) is 2.68. The highest BCUT2D eigenvalue weighted by atomic mass is 32.1. The van der Waals surface area contributed by atoms with Crippen molar-refractivity contribution in [1.82, 2.24) is 5.32 Å². The second kappa shape index (κ2) is 5.47. The van der Waals surface area contributed by atoms with Gasteiger partial charge in [-0.2, -0.15) is 0 Å². The Labute approximate surface area is 90.9 Å². The first kappa shape index (κ1) is 11.7. The van der Waals surface area contributed by atoms with Crippen LogP contribution in [0.5, 0.6) is 0 Å². The molecule has 0 bridgehead atoms. The molecule has 0 aliphatic carbocycles. The van der Waals surface area contributed by atoms with Crippen LogP contribution in [-0.4, -0.2) is 23.5 Å². The second-order valence-electron chi connectivity index (χ2n) is 2.93. The third-order valence-corrected chi connectivity index (χ3v) is 2.73. The zero-order chi connectivity index (χ0) is 11.3. The van der Waals surface area contributed by atoms with Crippen LogP contribution in [0.2, 0.25) is 0 Å². The molecule has 0 aliphatic heterocycles. The van der Waals surface area contributed by atoms with Gasteiger partial charge >= 0.3 is 5.97 Å². The number of carboxylic acids is 1. The van der Waals surface area contributed by atoms with Gasteiger partial charge in [-0.1, -0.05) is 6.07 Å². The van der Waals surface area contributed by atoms with Gasteiger partial charge in [-0.3, -0.25) is 9.59 Å². The van der Waals surface area contributed by atoms with E-state index in [-0.39, 0.29) is 18.9 Å². The molecule has 4 N–H and O–H groups in total. The van der Waals surface area contributed by atoms with E-state index in [0.29, 0.717) is 0 Å². The van der Waals surface area contributed by atoms with Gasteiger partial charge in [0.05, 0.1) is 6.42 Å². The van der Waals surface area contributed by atoms with Gasteiger partial charge in [-0.05, 0) is 11.4 Å². The molecule has 1 aromatic rings. The van der Waals surface area contributed by atoms with Crippen molar-refractivity contribution in [2.75, 3.05) is 6.54 Å². The van der Waals surface area contributed by atoms with Crippen LogP contribution in [-0.2, 0) is 9.59 Å². The van der Waals surface area contributed by atoms with Gasteiger partial charge in [0.15, 0.2) is 0 Å². The quantitative estimate of drug-likeness (QED) is 0.677. The number of hydrogen-bond acceptors (Lipinski definition) is 4. The van der Waals surface area contributed by atoms with Gasteiger partial charge in [0.2, 0.25) is 5.91 Å². The fraction of sp³-hybridized carbons (Fsp3) is 0.333. The Morgan fingerprint density at radius 1 is 1.60 bits per heavy atom. The van der Waals surface area contributed by atoms with E-state index in [1.165, 1.54) is 11.3 Å². The van der Waals surface area contributed by atoms with Crippen LogP contribution in [0.1, 0.15) is 17.3 Å². The molecule has 0 aliphatic rings. The summed E-state index contributed by atoms with van der Waals surface area (Å²) in [4.78, 5) is 22.4. The standard InChI is InChI=1S/C9H12N2O3S/c10-8(6-2-1-5-15-6)9(14)11-4-3-7(12)13/h1-2,5,8H,3-4,10H2,(H,11,14)(H,12,13). The molecule has 1 heterocycles. The third kappa shape index (κ3) is 3.69. The lowest BCUT2D eigenvalue weighted by Crippen LogP contribution is -2.34. The summed E-state index contributed by atoms with van der Waals surface area (Å²) in [6.45, 7) is 0.104. The molecule has 15 heavy (non-hydrogen) atoms. The lowest BCUT2D eigenvalue weighted by atomic mass is 10.2. The number of aliphatic carboxylic acids is 1. The minimum atomic E-state index is -0.944. The third-order valence-electron chi connectivity index (χ3n) is 1.77. The van der Waals surface area contributed by atoms with Gasteiger partial charge in [-0.15, -0.1) is 11.3 Å². The van der Waals surface area contributed by atoms with Crippen molar-refractivity contribution in [3.05, 3.63) is 22.4 Å². The molecule has 5 nitrogen and oxygen atoms in total. The van der Waals surface area contributed by atoms with Crippen LogP contribution in [0.15, 0.2) is 17.5 Å². The molecular weight excluding hydrogens is 216 g/mol. The largest absolute Gasteiger partial charge is 0.481 e. The van der Waals surface area contributed by atoms with Crippen molar-refractivity contribution in [3.63, 3.8) is 0 Å². The Hall–Kier alpha value is -1.40. The smallest absolute Gasteiger partial charge is 0.305 e. The molecule has 0 saturated heterocycles. The SMILES string of the molecule is NC(C(=O)NCCC(=O)O)c1cccs1. The van der Waals surface area contributed by atoms with E-state index in [1.54, 1.807) is 6.07 Å². The molecule has 6 heteroatoms. The first-order chi connectivity index (χ1) is 7.11. The highest BCUT2D eigenvalue weighted by Crippen LogP contribution is 2.16. The Morgan fingerprint density at radius 2 is 2.33 bits per heavy atom. The molecule has 1 rings (SSSR count). The van der Waals surface area contributed by atoms with E-state index in [9.17, 15) is 9.59 Å². The van der Waals surface area contributed by atoms with Crippen LogP contribution in [0.3, 0.4) is 0 Å². The van der Waals surface area contributed by atoms with Gasteiger partial charge in [-0.25, -0.2) is 0 Å². The van der Waals surface area contributed by atoms with Crippen molar-refractivity contribution in [3.8, 4) is 0 Å². The van der Waals surface area contributed by atoms with Gasteiger partial charge in [0.1, 0.15) is 6.04 Å². The number of rotatable bonds is 5. The highest BCUT2D eigenvalue weighted by molar-refractivity contribution is 7.10. The lowest BCUT2D eigenvalue weighted by molar-refractivity contribution is -0.136. The molecule has 0 aromatic carbocycles. The molecular formula is C9H12N2O3S. The van der Waals surface area contributed by atoms with Crippen molar-refractivity contribution in [1.29, 1.82) is 0 Å². The molecule has 0 fully saturated rings. The second-order valence-corrected chi connectivity index (χ2v) is 3.91. The number of thiophene rings is 1. The van der Waals surface area contributed by atoms with E-state index in [0.717, 1.165) is 4.88 Å². The van der Waals surface area contributed by atoms with Crippen LogP contribution in [0.4, 0.5) is 0 Å². The minimum absolute atomic E-state index is 0.0943. The minimum Gasteiger partial charge on any atom is -0.481 e. The van der Waals surface area contributed by atoms with Crippen molar-refractivity contribution < 1.29 is 14.7 Å². The van der Waals surface area contributed by atoms with Gasteiger partial charge < -0.3 is 16.2 Å². The lowest BCUT2D eigenvalue weighted by Gasteiger charge is -2.09. The number of hydrogen-bond donors (Lipinski definition) is 3. The predicted octanol–water partition coefficient (Wildman–Crippen LogP) is 0.339. The molecule has 0 spiro atoms. The van der Waals surface area contributed by atoms with E-state index in [1.807, 2.05) is 11.4 Å². The van der Waals surface area contributed by atoms with Gasteiger partial charge in [0, 0.05) is 11.4 Å². The summed E-state index contributed by atoms with van der Waals surface area (Å²) < 4.78 is 0. The maximum Gasteiger partial charge on any atom is 0.305 e. The summed E-state index contributed by atoms with van der Waals surface area (Å²) in [6, 6.07) is 2.87. The monoisotopic (exact) mass is 228 g/mol. The summed E-state index contributed by atoms with van der Waals surface area (Å²) in [5.41, 5.74) is 5.65. The summed E-state index contributed by atoms with van der Waals surface area (Å²) >= 11 is 1.40. The maximum absolute atomic E-state index is 11.4. The van der Waals surface area contributed by atoms with Crippen LogP contribution >= 0.6 is 11.3 Å². The Morgan fingerprint density at radius 3 is 2.87 bits per heavy atom. The van der Waals surface area contributed by atoms with E-state index in [2.05, 4.69) is 5.32 Å². The highest BCUT2D eigenvalue weighted by Gasteiger charge is 2.15. The number of amides is 1. The first-order valence-electron chi connectivity index (χ1n) is 4.39. The molecule has 1 unspecified atom stereocenters. The summed E-state index contributed by atoms with van der Waals surface area (Å²) in [6.07, 6.45) is -0.0943. The zero-order valence-corrected chi connectivity index (χ0v) is 8.79. The van der Waals surface area contributed by atoms with Crippen molar-refractivity contribution >= 4 is 23.2 Å². The number of carbonyl (C=O) groups excluding carboxylic acids is 1. The fourth-order valence-corrected chi connectivity index (χ4v) is 1.73. The van der Waals surface area contributed by atoms with Crippen LogP contribution < -0.4 is 11.1 Å². The number of nitrogens with one attached hydrogen (secondary N) is 1. The normalized spacial score (nSPS) is 12.1. The first-order valence-corrected chi connectivity index (χ1v) is 5.27. The number of carboxylic acid groups (broad SMARTS) is 1. The Kier molecular flexibility index (Phi) is 4.26. The van der Waals surface area contributed by atoms with E-state index >= 15 is 0 Å². The maximum atomic E-state index is 11.4. The molecule has 1 amide bonds. The average molecular weight is 228 g/mol. The molecule has 0 radical (unpaired) electrons. The zero-order valence-electron chi connectivity index (χ0n) is 7.97. The predicted molar refractivity (Wildman–Crippen MR) is 56.5 cm³/mol. The fourth-order valence-electron chi connectivity index (χ4n) is 1.00. The van der Waals surface area contributed by atoms with Crippen molar-refractivity contribution in [2.24, 2.45) is 5.73 Å². The van der Waals surface area contributed by atoms with Crippen LogP contribution in [0.25, 0.3) is 0 Å². The Balaban J connectivity index is 2.37. The van der Waals surface area contributed by atoms with Crippen LogP contribution in [0, 0.1) is 0 Å². The summed E-state index contributed by atoms with van der Waals surface area (Å²) in [5, 5.41) is 12.7. The molecule has 1 atom stereocenters. The molecule has 0 saturated carbocycles. The molecule has 82 valence electrons.